The molecule has 2 aliphatic rings. The fraction of sp³-hybridized carbons (Fsp3) is 0.650. The average Bonchev–Trinajstić information content (AvgIpc) is 3.09. The van der Waals surface area contributed by atoms with Crippen molar-refractivity contribution < 1.29 is 18.3 Å². The van der Waals surface area contributed by atoms with E-state index in [4.69, 9.17) is 0 Å². The quantitative estimate of drug-likeness (QED) is 0.794. The Balaban J connectivity index is 1.44. The molecule has 1 aliphatic carbocycles. The van der Waals surface area contributed by atoms with Gasteiger partial charge in [0.2, 0.25) is 5.91 Å². The van der Waals surface area contributed by atoms with Gasteiger partial charge in [-0.05, 0) is 55.8 Å². The van der Waals surface area contributed by atoms with Crippen molar-refractivity contribution in [1.29, 1.82) is 0 Å². The maximum absolute atomic E-state index is 12.3. The predicted molar refractivity (Wildman–Crippen MR) is 96.1 cm³/mol. The smallest absolute Gasteiger partial charge is 0.387 e. The normalized spacial score (nSPS) is 21.9. The summed E-state index contributed by atoms with van der Waals surface area (Å²) in [6.45, 7) is -0.962. The highest BCUT2D eigenvalue weighted by Gasteiger charge is 2.33. The Bertz CT molecular complexity index is 574. The van der Waals surface area contributed by atoms with Gasteiger partial charge in [-0.2, -0.15) is 8.78 Å². The maximum atomic E-state index is 12.3. The third-order valence-corrected chi connectivity index (χ3v) is 5.59. The summed E-state index contributed by atoms with van der Waals surface area (Å²) in [5, 5.41) is 2.94. The molecule has 2 fully saturated rings. The summed E-state index contributed by atoms with van der Waals surface area (Å²) in [5.41, 5.74) is 0.866. The van der Waals surface area contributed by atoms with Gasteiger partial charge >= 0.3 is 6.61 Å². The monoisotopic (exact) mass is 366 g/mol. The Hall–Kier alpha value is -1.69. The van der Waals surface area contributed by atoms with E-state index in [2.05, 4.69) is 15.0 Å². The summed E-state index contributed by atoms with van der Waals surface area (Å²) in [6.07, 6.45) is 9.00. The summed E-state index contributed by atoms with van der Waals surface area (Å²) in [5.74, 6) is 0.907. The van der Waals surface area contributed by atoms with Crippen molar-refractivity contribution >= 4 is 5.91 Å². The number of hydrogen-bond acceptors (Lipinski definition) is 3. The van der Waals surface area contributed by atoms with E-state index in [0.717, 1.165) is 18.0 Å². The number of hydrogen-bond donors (Lipinski definition) is 1. The minimum Gasteiger partial charge on any atom is -0.435 e. The topological polar surface area (TPSA) is 41.6 Å². The van der Waals surface area contributed by atoms with Gasteiger partial charge in [-0.1, -0.05) is 31.4 Å². The van der Waals surface area contributed by atoms with E-state index in [-0.39, 0.29) is 11.7 Å². The van der Waals surface area contributed by atoms with E-state index in [1.54, 1.807) is 12.1 Å². The first kappa shape index (κ1) is 19.1. The summed E-state index contributed by atoms with van der Waals surface area (Å²) in [6, 6.07) is 6.93. The number of rotatable bonds is 7. The third-order valence-electron chi connectivity index (χ3n) is 5.59. The molecule has 1 heterocycles. The molecular formula is C20H28F2N2O2. The second kappa shape index (κ2) is 9.31. The molecule has 1 saturated heterocycles. The first-order valence-corrected chi connectivity index (χ1v) is 9.66. The standard InChI is InChI=1S/C20H28F2N2O2/c21-20(22)26-17-10-8-15(9-11-17)13-23-19(25)14-24-12-4-7-18(24)16-5-2-1-3-6-16/h8-11,16,18,20H,1-7,12-14H2,(H,23,25)/t18-/m0/s1. The lowest BCUT2D eigenvalue weighted by atomic mass is 9.83. The Morgan fingerprint density at radius 1 is 1.12 bits per heavy atom. The summed E-state index contributed by atoms with van der Waals surface area (Å²) >= 11 is 0. The van der Waals surface area contributed by atoms with Crippen LogP contribution in [-0.4, -0.2) is 36.5 Å². The summed E-state index contributed by atoms with van der Waals surface area (Å²) < 4.78 is 28.6. The van der Waals surface area contributed by atoms with Crippen LogP contribution in [0, 0.1) is 5.92 Å². The predicted octanol–water partition coefficient (Wildman–Crippen LogP) is 3.95. The Morgan fingerprint density at radius 3 is 2.54 bits per heavy atom. The van der Waals surface area contributed by atoms with Gasteiger partial charge < -0.3 is 10.1 Å². The lowest BCUT2D eigenvalue weighted by Gasteiger charge is -2.33. The van der Waals surface area contributed by atoms with Gasteiger partial charge in [-0.25, -0.2) is 0 Å². The van der Waals surface area contributed by atoms with Crippen LogP contribution in [0.4, 0.5) is 8.78 Å². The number of nitrogens with zero attached hydrogens (tertiary/aromatic N) is 1. The molecule has 0 spiro atoms. The number of halogens is 2. The van der Waals surface area contributed by atoms with Crippen molar-refractivity contribution in [2.75, 3.05) is 13.1 Å². The van der Waals surface area contributed by atoms with Crippen molar-refractivity contribution in [3.63, 3.8) is 0 Å². The summed E-state index contributed by atoms with van der Waals surface area (Å²) in [7, 11) is 0. The van der Waals surface area contributed by atoms with E-state index in [1.807, 2.05) is 0 Å². The molecule has 1 aromatic carbocycles. The molecule has 4 nitrogen and oxygen atoms in total. The van der Waals surface area contributed by atoms with Crippen molar-refractivity contribution in [2.45, 2.75) is 64.1 Å². The SMILES string of the molecule is O=C(CN1CCC[C@H]1C1CCCCC1)NCc1ccc(OC(F)F)cc1. The van der Waals surface area contributed by atoms with Crippen LogP contribution in [0.1, 0.15) is 50.5 Å². The molecule has 0 unspecified atom stereocenters. The number of ether oxygens (including phenoxy) is 1. The van der Waals surface area contributed by atoms with Crippen molar-refractivity contribution in [3.8, 4) is 5.75 Å². The van der Waals surface area contributed by atoms with Gasteiger partial charge in [0.1, 0.15) is 5.75 Å². The number of alkyl halides is 2. The lowest BCUT2D eigenvalue weighted by molar-refractivity contribution is -0.122. The van der Waals surface area contributed by atoms with Crippen molar-refractivity contribution in [3.05, 3.63) is 29.8 Å². The van der Waals surface area contributed by atoms with Gasteiger partial charge in [0.25, 0.3) is 0 Å². The van der Waals surface area contributed by atoms with E-state index >= 15 is 0 Å². The molecular weight excluding hydrogens is 338 g/mol. The van der Waals surface area contributed by atoms with Crippen LogP contribution in [0.3, 0.4) is 0 Å². The van der Waals surface area contributed by atoms with Crippen LogP contribution in [0.15, 0.2) is 24.3 Å². The number of nitrogens with one attached hydrogen (secondary N) is 1. The van der Waals surface area contributed by atoms with Crippen molar-refractivity contribution in [1.82, 2.24) is 10.2 Å². The zero-order chi connectivity index (χ0) is 18.4. The van der Waals surface area contributed by atoms with Gasteiger partial charge in [0, 0.05) is 12.6 Å². The molecule has 1 aliphatic heterocycles. The second-order valence-electron chi connectivity index (χ2n) is 7.38. The molecule has 26 heavy (non-hydrogen) atoms. The zero-order valence-corrected chi connectivity index (χ0v) is 15.1. The molecule has 1 amide bonds. The number of likely N-dealkylation sites (tertiary alicyclic amines) is 1. The van der Waals surface area contributed by atoms with E-state index < -0.39 is 6.61 Å². The van der Waals surface area contributed by atoms with Gasteiger partial charge in [-0.3, -0.25) is 9.69 Å². The van der Waals surface area contributed by atoms with Crippen LogP contribution in [0.5, 0.6) is 5.75 Å². The minimum absolute atomic E-state index is 0.0283. The first-order chi connectivity index (χ1) is 12.6. The molecule has 144 valence electrons. The zero-order valence-electron chi connectivity index (χ0n) is 15.1. The highest BCUT2D eigenvalue weighted by Crippen LogP contribution is 2.34. The Kier molecular flexibility index (Phi) is 6.83. The van der Waals surface area contributed by atoms with Gasteiger partial charge in [0.15, 0.2) is 0 Å². The van der Waals surface area contributed by atoms with Crippen molar-refractivity contribution in [2.24, 2.45) is 5.92 Å². The molecule has 1 atom stereocenters. The molecule has 0 bridgehead atoms. The highest BCUT2D eigenvalue weighted by atomic mass is 19.3. The molecule has 3 rings (SSSR count). The number of amides is 1. The van der Waals surface area contributed by atoms with E-state index in [1.165, 1.54) is 57.1 Å². The fourth-order valence-electron chi connectivity index (χ4n) is 4.33. The van der Waals surface area contributed by atoms with Crippen LogP contribution in [0.2, 0.25) is 0 Å². The van der Waals surface area contributed by atoms with Crippen LogP contribution in [-0.2, 0) is 11.3 Å². The van der Waals surface area contributed by atoms with Crippen LogP contribution in [0.25, 0.3) is 0 Å². The molecule has 1 N–H and O–H groups in total. The lowest BCUT2D eigenvalue weighted by Crippen LogP contribution is -2.43. The van der Waals surface area contributed by atoms with E-state index in [9.17, 15) is 13.6 Å². The highest BCUT2D eigenvalue weighted by molar-refractivity contribution is 5.78. The minimum atomic E-state index is -2.82. The number of carbonyl (C=O) groups excluding carboxylic acids is 1. The molecule has 0 aromatic heterocycles. The molecule has 6 heteroatoms. The third kappa shape index (κ3) is 5.40. The average molecular weight is 366 g/mol. The summed E-state index contributed by atoms with van der Waals surface area (Å²) in [4.78, 5) is 14.7. The van der Waals surface area contributed by atoms with E-state index in [0.29, 0.717) is 19.1 Å². The molecule has 1 saturated carbocycles. The fourth-order valence-corrected chi connectivity index (χ4v) is 4.33. The Labute approximate surface area is 153 Å². The maximum Gasteiger partial charge on any atom is 0.387 e. The van der Waals surface area contributed by atoms with Gasteiger partial charge in [-0.15, -0.1) is 0 Å². The largest absolute Gasteiger partial charge is 0.435 e. The molecule has 0 radical (unpaired) electrons. The van der Waals surface area contributed by atoms with Crippen LogP contribution < -0.4 is 10.1 Å². The second-order valence-corrected chi connectivity index (χ2v) is 7.38. The first-order valence-electron chi connectivity index (χ1n) is 9.66. The van der Waals surface area contributed by atoms with Crippen LogP contribution >= 0.6 is 0 Å². The van der Waals surface area contributed by atoms with Gasteiger partial charge in [0.05, 0.1) is 6.54 Å². The number of benzene rings is 1. The number of carbonyl (C=O) groups is 1. The Morgan fingerprint density at radius 2 is 1.85 bits per heavy atom. The molecule has 1 aromatic rings.